The Morgan fingerprint density at radius 3 is 2.91 bits per heavy atom. The number of nitrogens with zero attached hydrogens (tertiary/aromatic N) is 1. The average Bonchev–Trinajstić information content (AvgIpc) is 2.48. The van der Waals surface area contributed by atoms with Gasteiger partial charge in [0.2, 0.25) is 0 Å². The summed E-state index contributed by atoms with van der Waals surface area (Å²) in [5.74, 6) is -0.753. The smallest absolute Gasteiger partial charge is 0.303 e. The summed E-state index contributed by atoms with van der Waals surface area (Å²) in [6, 6.07) is 8.33. The van der Waals surface area contributed by atoms with Crippen LogP contribution in [0.5, 0.6) is 0 Å². The maximum absolute atomic E-state index is 10.6. The van der Waals surface area contributed by atoms with Crippen LogP contribution in [0, 0.1) is 5.41 Å². The van der Waals surface area contributed by atoms with Gasteiger partial charge in [0.25, 0.3) is 0 Å². The number of anilines is 1. The zero-order valence-corrected chi connectivity index (χ0v) is 14.4. The first-order valence-electron chi connectivity index (χ1n) is 7.97. The zero-order chi connectivity index (χ0) is 16.4. The third kappa shape index (κ3) is 3.78. The van der Waals surface area contributed by atoms with Crippen molar-refractivity contribution in [3.63, 3.8) is 0 Å². The molecule has 0 bridgehead atoms. The van der Waals surface area contributed by atoms with E-state index in [1.165, 1.54) is 21.2 Å². The van der Waals surface area contributed by atoms with Gasteiger partial charge in [0.1, 0.15) is 0 Å². The molecule has 0 saturated carbocycles. The van der Waals surface area contributed by atoms with Crippen molar-refractivity contribution in [1.29, 1.82) is 0 Å². The van der Waals surface area contributed by atoms with Crippen LogP contribution in [0.3, 0.4) is 0 Å². The predicted molar refractivity (Wildman–Crippen MR) is 95.1 cm³/mol. The Kier molecular flexibility index (Phi) is 4.48. The summed E-state index contributed by atoms with van der Waals surface area (Å²) in [6.07, 6.45) is 2.73. The van der Waals surface area contributed by atoms with Crippen molar-refractivity contribution in [2.45, 2.75) is 44.4 Å². The lowest BCUT2D eigenvalue weighted by atomic mass is 9.78. The number of aliphatic carboxylic acids is 1. The molecule has 5 heteroatoms. The second-order valence-corrected chi connectivity index (χ2v) is 7.93. The molecule has 0 fully saturated rings. The van der Waals surface area contributed by atoms with Crippen molar-refractivity contribution < 1.29 is 9.90 Å². The van der Waals surface area contributed by atoms with Gasteiger partial charge in [-0.05, 0) is 36.8 Å². The maximum Gasteiger partial charge on any atom is 0.303 e. The molecule has 23 heavy (non-hydrogen) atoms. The Morgan fingerprint density at radius 2 is 2.13 bits per heavy atom. The largest absolute Gasteiger partial charge is 0.481 e. The van der Waals surface area contributed by atoms with E-state index in [9.17, 15) is 4.79 Å². The zero-order valence-electron chi connectivity index (χ0n) is 13.6. The van der Waals surface area contributed by atoms with E-state index in [0.29, 0.717) is 13.0 Å². The Labute approximate surface area is 141 Å². The fourth-order valence-electron chi connectivity index (χ4n) is 3.05. The first-order valence-corrected chi connectivity index (χ1v) is 8.79. The van der Waals surface area contributed by atoms with E-state index in [4.69, 9.17) is 10.1 Å². The highest BCUT2D eigenvalue weighted by Crippen LogP contribution is 2.48. The van der Waals surface area contributed by atoms with Crippen LogP contribution in [-0.4, -0.2) is 23.3 Å². The number of hydrogen-bond donors (Lipinski definition) is 2. The van der Waals surface area contributed by atoms with Gasteiger partial charge in [-0.25, -0.2) is 0 Å². The van der Waals surface area contributed by atoms with Crippen LogP contribution in [0.4, 0.5) is 5.69 Å². The summed E-state index contributed by atoms with van der Waals surface area (Å²) >= 11 is 1.78. The van der Waals surface area contributed by atoms with Gasteiger partial charge in [-0.15, -0.1) is 0 Å². The molecule has 0 spiro atoms. The Morgan fingerprint density at radius 1 is 1.35 bits per heavy atom. The summed E-state index contributed by atoms with van der Waals surface area (Å²) in [7, 11) is 0. The maximum atomic E-state index is 10.6. The Hall–Kier alpha value is -1.75. The number of fused-ring (bicyclic) bond motifs is 1. The van der Waals surface area contributed by atoms with Gasteiger partial charge in [-0.3, -0.25) is 9.79 Å². The third-order valence-corrected chi connectivity index (χ3v) is 5.34. The highest BCUT2D eigenvalue weighted by Gasteiger charge is 2.34. The van der Waals surface area contributed by atoms with Crippen molar-refractivity contribution in [3.05, 3.63) is 34.9 Å². The predicted octanol–water partition coefficient (Wildman–Crippen LogP) is 4.54. The molecule has 0 amide bonds. The van der Waals surface area contributed by atoms with E-state index in [0.717, 1.165) is 18.6 Å². The summed E-state index contributed by atoms with van der Waals surface area (Å²) in [5, 5.41) is 12.3. The minimum absolute atomic E-state index is 0.171. The van der Waals surface area contributed by atoms with E-state index in [1.807, 2.05) is 6.07 Å². The molecule has 4 nitrogen and oxygen atoms in total. The molecule has 0 saturated heterocycles. The Balaban J connectivity index is 1.84. The van der Waals surface area contributed by atoms with Gasteiger partial charge in [0, 0.05) is 23.6 Å². The number of nitrogens with one attached hydrogen (secondary N) is 1. The van der Waals surface area contributed by atoms with Gasteiger partial charge in [0.05, 0.1) is 16.3 Å². The molecule has 0 unspecified atom stereocenters. The molecular formula is C18H22N2O2S. The lowest BCUT2D eigenvalue weighted by Crippen LogP contribution is -2.29. The summed E-state index contributed by atoms with van der Waals surface area (Å²) in [6.45, 7) is 5.10. The van der Waals surface area contributed by atoms with Crippen LogP contribution in [-0.2, 0) is 4.79 Å². The van der Waals surface area contributed by atoms with Crippen molar-refractivity contribution in [2.24, 2.45) is 10.4 Å². The molecule has 0 atom stereocenters. The van der Waals surface area contributed by atoms with Gasteiger partial charge in [0.15, 0.2) is 0 Å². The number of carbonyl (C=O) groups is 1. The SMILES string of the molecule is CC1(C)CC(=NCCCC(=O)O)C2=C(C1)Nc1ccccc1S2. The number of benzene rings is 1. The number of para-hydroxylation sites is 1. The first kappa shape index (κ1) is 16.1. The van der Waals surface area contributed by atoms with E-state index in [2.05, 4.69) is 37.4 Å². The second-order valence-electron chi connectivity index (χ2n) is 6.87. The fraction of sp³-hybridized carbons (Fsp3) is 0.444. The number of aliphatic imine (C=N–C) groups is 1. The summed E-state index contributed by atoms with van der Waals surface area (Å²) < 4.78 is 0. The van der Waals surface area contributed by atoms with E-state index in [-0.39, 0.29) is 11.8 Å². The molecule has 122 valence electrons. The minimum atomic E-state index is -0.753. The monoisotopic (exact) mass is 330 g/mol. The van der Waals surface area contributed by atoms with Crippen molar-refractivity contribution in [3.8, 4) is 0 Å². The van der Waals surface area contributed by atoms with E-state index < -0.39 is 5.97 Å². The topological polar surface area (TPSA) is 61.7 Å². The summed E-state index contributed by atoms with van der Waals surface area (Å²) in [5.41, 5.74) is 3.71. The number of allylic oxidation sites excluding steroid dienone is 2. The molecule has 1 heterocycles. The molecule has 1 aliphatic heterocycles. The quantitative estimate of drug-likeness (QED) is 0.796. The molecule has 1 aliphatic carbocycles. The normalized spacial score (nSPS) is 20.7. The Bertz CT molecular complexity index is 692. The third-order valence-electron chi connectivity index (χ3n) is 4.07. The minimum Gasteiger partial charge on any atom is -0.481 e. The fourth-order valence-corrected chi connectivity index (χ4v) is 4.15. The van der Waals surface area contributed by atoms with Crippen LogP contribution < -0.4 is 5.32 Å². The van der Waals surface area contributed by atoms with E-state index in [1.54, 1.807) is 11.8 Å². The molecule has 1 aromatic carbocycles. The summed E-state index contributed by atoms with van der Waals surface area (Å²) in [4.78, 5) is 17.9. The van der Waals surface area contributed by atoms with Gasteiger partial charge < -0.3 is 10.4 Å². The number of thioether (sulfide) groups is 1. The van der Waals surface area contributed by atoms with Gasteiger partial charge in [-0.2, -0.15) is 0 Å². The lowest BCUT2D eigenvalue weighted by molar-refractivity contribution is -0.137. The molecule has 1 aromatic rings. The molecule has 0 aromatic heterocycles. The van der Waals surface area contributed by atoms with Crippen molar-refractivity contribution >= 4 is 29.1 Å². The number of rotatable bonds is 4. The van der Waals surface area contributed by atoms with Gasteiger partial charge in [-0.1, -0.05) is 37.7 Å². The number of carboxylic acids is 1. The molecule has 2 N–H and O–H groups in total. The van der Waals surface area contributed by atoms with Crippen LogP contribution >= 0.6 is 11.8 Å². The van der Waals surface area contributed by atoms with Crippen LogP contribution in [0.1, 0.15) is 39.5 Å². The molecule has 0 radical (unpaired) electrons. The molecular weight excluding hydrogens is 308 g/mol. The number of hydrogen-bond acceptors (Lipinski definition) is 4. The van der Waals surface area contributed by atoms with Crippen LogP contribution in [0.2, 0.25) is 0 Å². The van der Waals surface area contributed by atoms with Crippen LogP contribution in [0.25, 0.3) is 0 Å². The molecule has 3 rings (SSSR count). The van der Waals surface area contributed by atoms with Crippen LogP contribution in [0.15, 0.2) is 44.8 Å². The lowest BCUT2D eigenvalue weighted by Gasteiger charge is -2.37. The van der Waals surface area contributed by atoms with Gasteiger partial charge >= 0.3 is 5.97 Å². The number of carboxylic acid groups (broad SMARTS) is 1. The highest BCUT2D eigenvalue weighted by molar-refractivity contribution is 8.04. The highest BCUT2D eigenvalue weighted by atomic mass is 32.2. The van der Waals surface area contributed by atoms with Crippen molar-refractivity contribution in [1.82, 2.24) is 0 Å². The van der Waals surface area contributed by atoms with Crippen molar-refractivity contribution in [2.75, 3.05) is 11.9 Å². The first-order chi connectivity index (χ1) is 10.9. The standard InChI is InChI=1S/C18H22N2O2S/c1-18(2)10-13(19-9-5-8-16(21)22)17-14(11-18)20-12-6-3-4-7-15(12)23-17/h3-4,6-7,20H,5,8-11H2,1-2H3,(H,21,22). The molecule has 2 aliphatic rings. The average molecular weight is 330 g/mol. The second kappa shape index (κ2) is 6.40. The van der Waals surface area contributed by atoms with E-state index >= 15 is 0 Å².